The molecule has 3 rings (SSSR count). The van der Waals surface area contributed by atoms with E-state index in [1.54, 1.807) is 6.07 Å². The van der Waals surface area contributed by atoms with E-state index >= 15 is 0 Å². The van der Waals surface area contributed by atoms with Gasteiger partial charge in [-0.25, -0.2) is 13.1 Å². The minimum Gasteiger partial charge on any atom is -0.379 e. The summed E-state index contributed by atoms with van der Waals surface area (Å²) in [6, 6.07) is 14.9. The second-order valence-electron chi connectivity index (χ2n) is 6.77. The Hall–Kier alpha value is -1.73. The van der Waals surface area contributed by atoms with Crippen molar-refractivity contribution in [1.29, 1.82) is 0 Å². The lowest BCUT2D eigenvalue weighted by atomic mass is 10.1. The molecule has 0 unspecified atom stereocenters. The Morgan fingerprint density at radius 2 is 1.77 bits per heavy atom. The van der Waals surface area contributed by atoms with Crippen LogP contribution in [0.1, 0.15) is 22.7 Å². The van der Waals surface area contributed by atoms with Crippen molar-refractivity contribution in [1.82, 2.24) is 9.62 Å². The zero-order chi connectivity index (χ0) is 18.6. The summed E-state index contributed by atoms with van der Waals surface area (Å²) in [4.78, 5) is 2.58. The molecular formula is C20H26N2O3S. The monoisotopic (exact) mass is 374 g/mol. The Balaban J connectivity index is 1.86. The number of hydrogen-bond donors (Lipinski definition) is 1. The first-order chi connectivity index (χ1) is 12.5. The summed E-state index contributed by atoms with van der Waals surface area (Å²) >= 11 is 0. The van der Waals surface area contributed by atoms with Gasteiger partial charge in [0.1, 0.15) is 0 Å². The predicted octanol–water partition coefficient (Wildman–Crippen LogP) is 2.66. The van der Waals surface area contributed by atoms with Crippen LogP contribution in [0, 0.1) is 13.8 Å². The van der Waals surface area contributed by atoms with Crippen LogP contribution in [0.5, 0.6) is 0 Å². The number of rotatable bonds is 6. The van der Waals surface area contributed by atoms with Crippen LogP contribution in [0.25, 0.3) is 0 Å². The van der Waals surface area contributed by atoms with Crippen LogP contribution in [0.2, 0.25) is 0 Å². The van der Waals surface area contributed by atoms with E-state index in [1.807, 2.05) is 56.3 Å². The van der Waals surface area contributed by atoms with Crippen molar-refractivity contribution in [3.8, 4) is 0 Å². The molecule has 2 aromatic rings. The first-order valence-corrected chi connectivity index (χ1v) is 10.4. The molecule has 1 N–H and O–H groups in total. The molecule has 5 nitrogen and oxygen atoms in total. The van der Waals surface area contributed by atoms with Gasteiger partial charge in [0.05, 0.1) is 24.2 Å². The molecule has 0 aliphatic carbocycles. The van der Waals surface area contributed by atoms with Gasteiger partial charge in [-0.2, -0.15) is 0 Å². The Bertz CT molecular complexity index is 831. The SMILES string of the molecule is Cc1ccc(S(=O)(=O)N[C@@H](CN2CCOCC2)c2ccccc2)c(C)c1. The highest BCUT2D eigenvalue weighted by molar-refractivity contribution is 7.89. The van der Waals surface area contributed by atoms with E-state index in [0.717, 1.165) is 29.8 Å². The highest BCUT2D eigenvalue weighted by Crippen LogP contribution is 2.22. The van der Waals surface area contributed by atoms with E-state index in [4.69, 9.17) is 4.74 Å². The second-order valence-corrected chi connectivity index (χ2v) is 8.45. The first-order valence-electron chi connectivity index (χ1n) is 8.90. The molecular weight excluding hydrogens is 348 g/mol. The van der Waals surface area contributed by atoms with Crippen LogP contribution in [-0.4, -0.2) is 46.2 Å². The molecule has 0 spiro atoms. The highest BCUT2D eigenvalue weighted by atomic mass is 32.2. The van der Waals surface area contributed by atoms with E-state index in [9.17, 15) is 8.42 Å². The Morgan fingerprint density at radius 1 is 1.08 bits per heavy atom. The van der Waals surface area contributed by atoms with Gasteiger partial charge in [0, 0.05) is 19.6 Å². The maximum Gasteiger partial charge on any atom is 0.241 e. The molecule has 1 saturated heterocycles. The molecule has 0 bridgehead atoms. The normalized spacial score (nSPS) is 17.2. The highest BCUT2D eigenvalue weighted by Gasteiger charge is 2.25. The minimum absolute atomic E-state index is 0.306. The topological polar surface area (TPSA) is 58.6 Å². The lowest BCUT2D eigenvalue weighted by molar-refractivity contribution is 0.0345. The third-order valence-electron chi connectivity index (χ3n) is 4.66. The lowest BCUT2D eigenvalue weighted by Crippen LogP contribution is -2.43. The Labute approximate surface area is 156 Å². The van der Waals surface area contributed by atoms with Crippen LogP contribution < -0.4 is 4.72 Å². The summed E-state index contributed by atoms with van der Waals surface area (Å²) in [7, 11) is -3.61. The molecule has 0 amide bonds. The predicted molar refractivity (Wildman–Crippen MR) is 103 cm³/mol. The van der Waals surface area contributed by atoms with E-state index in [2.05, 4.69) is 9.62 Å². The minimum atomic E-state index is -3.61. The number of aryl methyl sites for hydroxylation is 2. The molecule has 0 aromatic heterocycles. The largest absolute Gasteiger partial charge is 0.379 e. The maximum atomic E-state index is 13.0. The van der Waals surface area contributed by atoms with Crippen LogP contribution in [0.15, 0.2) is 53.4 Å². The number of nitrogens with zero attached hydrogens (tertiary/aromatic N) is 1. The lowest BCUT2D eigenvalue weighted by Gasteiger charge is -2.31. The fourth-order valence-electron chi connectivity index (χ4n) is 3.29. The average molecular weight is 375 g/mol. The fraction of sp³-hybridized carbons (Fsp3) is 0.400. The number of hydrogen-bond acceptors (Lipinski definition) is 4. The van der Waals surface area contributed by atoms with E-state index in [-0.39, 0.29) is 6.04 Å². The third-order valence-corrected chi connectivity index (χ3v) is 6.30. The van der Waals surface area contributed by atoms with E-state index < -0.39 is 10.0 Å². The van der Waals surface area contributed by atoms with Gasteiger partial charge < -0.3 is 4.74 Å². The smallest absolute Gasteiger partial charge is 0.241 e. The summed E-state index contributed by atoms with van der Waals surface area (Å²) in [5.74, 6) is 0. The second kappa shape index (κ2) is 8.31. The summed E-state index contributed by atoms with van der Waals surface area (Å²) < 4.78 is 34.4. The summed E-state index contributed by atoms with van der Waals surface area (Å²) in [6.45, 7) is 7.42. The van der Waals surface area contributed by atoms with Gasteiger partial charge in [0.2, 0.25) is 10.0 Å². The van der Waals surface area contributed by atoms with Crippen molar-refractivity contribution in [3.63, 3.8) is 0 Å². The van der Waals surface area contributed by atoms with Crippen molar-refractivity contribution in [3.05, 3.63) is 65.2 Å². The van der Waals surface area contributed by atoms with Gasteiger partial charge in [-0.15, -0.1) is 0 Å². The molecule has 1 aliphatic heterocycles. The zero-order valence-corrected chi connectivity index (χ0v) is 16.1. The Morgan fingerprint density at radius 3 is 2.42 bits per heavy atom. The van der Waals surface area contributed by atoms with Crippen LogP contribution in [0.4, 0.5) is 0 Å². The summed E-state index contributed by atoms with van der Waals surface area (Å²) in [6.07, 6.45) is 0. The summed E-state index contributed by atoms with van der Waals surface area (Å²) in [5.41, 5.74) is 2.78. The van der Waals surface area contributed by atoms with Crippen molar-refractivity contribution in [2.75, 3.05) is 32.8 Å². The van der Waals surface area contributed by atoms with Gasteiger partial charge in [-0.1, -0.05) is 48.0 Å². The number of morpholine rings is 1. The summed E-state index contributed by atoms with van der Waals surface area (Å²) in [5, 5.41) is 0. The van der Waals surface area contributed by atoms with Gasteiger partial charge in [-0.05, 0) is 31.0 Å². The average Bonchev–Trinajstić information content (AvgIpc) is 2.62. The van der Waals surface area contributed by atoms with Crippen LogP contribution >= 0.6 is 0 Å². The quantitative estimate of drug-likeness (QED) is 0.845. The molecule has 0 saturated carbocycles. The van der Waals surface area contributed by atoms with Crippen molar-refractivity contribution >= 4 is 10.0 Å². The van der Waals surface area contributed by atoms with Crippen molar-refractivity contribution in [2.24, 2.45) is 0 Å². The van der Waals surface area contributed by atoms with Crippen LogP contribution in [-0.2, 0) is 14.8 Å². The molecule has 0 radical (unpaired) electrons. The van der Waals surface area contributed by atoms with Gasteiger partial charge in [-0.3, -0.25) is 4.90 Å². The number of nitrogens with one attached hydrogen (secondary N) is 1. The molecule has 26 heavy (non-hydrogen) atoms. The fourth-order valence-corrected chi connectivity index (χ4v) is 4.73. The molecule has 1 fully saturated rings. The molecule has 1 aliphatic rings. The van der Waals surface area contributed by atoms with Gasteiger partial charge >= 0.3 is 0 Å². The molecule has 6 heteroatoms. The van der Waals surface area contributed by atoms with E-state index in [0.29, 0.717) is 24.7 Å². The van der Waals surface area contributed by atoms with Gasteiger partial charge in [0.25, 0.3) is 0 Å². The Kier molecular flexibility index (Phi) is 6.09. The third kappa shape index (κ3) is 4.71. The standard InChI is InChI=1S/C20H26N2O3S/c1-16-8-9-20(17(2)14-16)26(23,24)21-19(18-6-4-3-5-7-18)15-22-10-12-25-13-11-22/h3-9,14,19,21H,10-13,15H2,1-2H3/t19-/m0/s1. The number of ether oxygens (including phenoxy) is 1. The first kappa shape index (κ1) is 19.0. The number of sulfonamides is 1. The zero-order valence-electron chi connectivity index (χ0n) is 15.3. The number of benzene rings is 2. The molecule has 140 valence electrons. The van der Waals surface area contributed by atoms with Crippen molar-refractivity contribution < 1.29 is 13.2 Å². The van der Waals surface area contributed by atoms with E-state index in [1.165, 1.54) is 0 Å². The molecule has 1 heterocycles. The van der Waals surface area contributed by atoms with Crippen molar-refractivity contribution in [2.45, 2.75) is 24.8 Å². The maximum absolute atomic E-state index is 13.0. The molecule has 2 aromatic carbocycles. The van der Waals surface area contributed by atoms with Gasteiger partial charge in [0.15, 0.2) is 0 Å². The van der Waals surface area contributed by atoms with Crippen LogP contribution in [0.3, 0.4) is 0 Å². The molecule has 1 atom stereocenters.